The molecule has 23 heavy (non-hydrogen) atoms. The summed E-state index contributed by atoms with van der Waals surface area (Å²) in [4.78, 5) is 23.8. The van der Waals surface area contributed by atoms with Crippen molar-refractivity contribution in [2.24, 2.45) is 5.73 Å². The van der Waals surface area contributed by atoms with Crippen molar-refractivity contribution in [1.29, 1.82) is 0 Å². The molecule has 0 unspecified atom stereocenters. The molecule has 0 saturated carbocycles. The lowest BCUT2D eigenvalue weighted by Gasteiger charge is -2.12. The maximum atomic E-state index is 12.2. The van der Waals surface area contributed by atoms with E-state index in [9.17, 15) is 9.59 Å². The minimum atomic E-state index is -0.638. The van der Waals surface area contributed by atoms with Gasteiger partial charge in [0.25, 0.3) is 11.8 Å². The van der Waals surface area contributed by atoms with Gasteiger partial charge in [-0.1, -0.05) is 25.1 Å². The third-order valence-corrected chi connectivity index (χ3v) is 3.32. The summed E-state index contributed by atoms with van der Waals surface area (Å²) in [7, 11) is 0. The fourth-order valence-corrected chi connectivity index (χ4v) is 2.19. The molecule has 0 aliphatic carbocycles. The van der Waals surface area contributed by atoms with E-state index in [0.717, 1.165) is 6.54 Å². The maximum absolute atomic E-state index is 12.2. The van der Waals surface area contributed by atoms with E-state index in [1.54, 1.807) is 12.1 Å². The quantitative estimate of drug-likeness (QED) is 0.700. The molecule has 122 valence electrons. The van der Waals surface area contributed by atoms with Gasteiger partial charge >= 0.3 is 0 Å². The Morgan fingerprint density at radius 3 is 2.61 bits per heavy atom. The van der Waals surface area contributed by atoms with E-state index in [-0.39, 0.29) is 23.3 Å². The van der Waals surface area contributed by atoms with E-state index >= 15 is 0 Å². The van der Waals surface area contributed by atoms with Crippen molar-refractivity contribution in [1.82, 2.24) is 20.4 Å². The lowest BCUT2D eigenvalue weighted by atomic mass is 10.3. The van der Waals surface area contributed by atoms with Gasteiger partial charge in [0.2, 0.25) is 0 Å². The summed E-state index contributed by atoms with van der Waals surface area (Å²) >= 11 is 0. The minimum absolute atomic E-state index is 0.149. The maximum Gasteiger partial charge on any atom is 0.271 e. The second-order valence-corrected chi connectivity index (χ2v) is 5.20. The number of carbonyl (C=O) groups is 2. The smallest absolute Gasteiger partial charge is 0.271 e. The van der Waals surface area contributed by atoms with Crippen LogP contribution in [-0.2, 0) is 0 Å². The number of benzene rings is 1. The van der Waals surface area contributed by atoms with Gasteiger partial charge in [0, 0.05) is 18.7 Å². The van der Waals surface area contributed by atoms with Crippen LogP contribution in [0.25, 0.3) is 5.69 Å². The van der Waals surface area contributed by atoms with Crippen LogP contribution in [0.1, 0.15) is 34.8 Å². The van der Waals surface area contributed by atoms with E-state index < -0.39 is 5.91 Å². The summed E-state index contributed by atoms with van der Waals surface area (Å²) in [6, 6.07) is 10.6. The van der Waals surface area contributed by atoms with Crippen molar-refractivity contribution in [2.75, 3.05) is 13.1 Å². The summed E-state index contributed by atoms with van der Waals surface area (Å²) in [5.41, 5.74) is 6.38. The minimum Gasteiger partial charge on any atom is -0.364 e. The topological polar surface area (TPSA) is 102 Å². The molecule has 0 fully saturated rings. The molecule has 1 aromatic carbocycles. The van der Waals surface area contributed by atoms with Gasteiger partial charge in [0.15, 0.2) is 5.69 Å². The molecule has 2 rings (SSSR count). The van der Waals surface area contributed by atoms with Gasteiger partial charge in [0.1, 0.15) is 5.69 Å². The van der Waals surface area contributed by atoms with Crippen LogP contribution in [0.4, 0.5) is 0 Å². The number of amides is 2. The Bertz CT molecular complexity index is 681. The van der Waals surface area contributed by atoms with Gasteiger partial charge in [0.05, 0.1) is 5.69 Å². The molecule has 0 radical (unpaired) electrons. The number of para-hydroxylation sites is 1. The fourth-order valence-electron chi connectivity index (χ4n) is 2.19. The number of hydrogen-bond acceptors (Lipinski definition) is 4. The van der Waals surface area contributed by atoms with Gasteiger partial charge in [-0.2, -0.15) is 5.10 Å². The van der Waals surface area contributed by atoms with Crippen LogP contribution >= 0.6 is 0 Å². The molecular formula is C16H21N5O2. The molecule has 0 spiro atoms. The van der Waals surface area contributed by atoms with Crippen LogP contribution in [0.5, 0.6) is 0 Å². The molecule has 2 amide bonds. The molecule has 7 heteroatoms. The van der Waals surface area contributed by atoms with E-state index in [2.05, 4.69) is 15.7 Å². The molecule has 2 aromatic rings. The Hall–Kier alpha value is -2.67. The number of aromatic nitrogens is 2. The zero-order chi connectivity index (χ0) is 16.8. The zero-order valence-electron chi connectivity index (χ0n) is 13.2. The number of rotatable bonds is 7. The Kier molecular flexibility index (Phi) is 5.48. The highest BCUT2D eigenvalue weighted by atomic mass is 16.2. The highest BCUT2D eigenvalue weighted by Crippen LogP contribution is 2.12. The number of carbonyl (C=O) groups excluding carboxylic acids is 2. The average molecular weight is 315 g/mol. The van der Waals surface area contributed by atoms with Crippen LogP contribution in [0.2, 0.25) is 0 Å². The number of nitrogens with zero attached hydrogens (tertiary/aromatic N) is 2. The SMILES string of the molecule is CCN[C@H](C)CNC(=O)c1cc(C(N)=O)n(-c2ccccc2)n1. The van der Waals surface area contributed by atoms with Crippen LogP contribution in [0, 0.1) is 0 Å². The van der Waals surface area contributed by atoms with Crippen molar-refractivity contribution in [3.63, 3.8) is 0 Å². The standard InChI is InChI=1S/C16H21N5O2/c1-3-18-11(2)10-19-16(23)13-9-14(15(17)22)21(20-13)12-7-5-4-6-8-12/h4-9,11,18H,3,10H2,1-2H3,(H2,17,22)(H,19,23)/t11-/m1/s1. The van der Waals surface area contributed by atoms with Gasteiger partial charge in [-0.25, -0.2) is 4.68 Å². The van der Waals surface area contributed by atoms with E-state index in [4.69, 9.17) is 5.73 Å². The van der Waals surface area contributed by atoms with Crippen molar-refractivity contribution >= 4 is 11.8 Å². The second-order valence-electron chi connectivity index (χ2n) is 5.20. The summed E-state index contributed by atoms with van der Waals surface area (Å²) in [6.45, 7) is 5.27. The van der Waals surface area contributed by atoms with Crippen molar-refractivity contribution in [2.45, 2.75) is 19.9 Å². The Labute approximate surface area is 134 Å². The molecule has 7 nitrogen and oxygen atoms in total. The Balaban J connectivity index is 2.21. The van der Waals surface area contributed by atoms with E-state index in [1.807, 2.05) is 32.0 Å². The molecule has 0 aliphatic rings. The normalized spacial score (nSPS) is 11.9. The number of nitrogens with one attached hydrogen (secondary N) is 2. The van der Waals surface area contributed by atoms with Crippen molar-refractivity contribution < 1.29 is 9.59 Å². The van der Waals surface area contributed by atoms with Gasteiger partial charge in [-0.05, 0) is 25.6 Å². The lowest BCUT2D eigenvalue weighted by Crippen LogP contribution is -2.38. The molecule has 0 bridgehead atoms. The molecular weight excluding hydrogens is 294 g/mol. The van der Waals surface area contributed by atoms with Crippen molar-refractivity contribution in [3.8, 4) is 5.69 Å². The van der Waals surface area contributed by atoms with Crippen LogP contribution in [0.15, 0.2) is 36.4 Å². The third-order valence-electron chi connectivity index (χ3n) is 3.32. The Morgan fingerprint density at radius 2 is 2.00 bits per heavy atom. The van der Waals surface area contributed by atoms with Crippen LogP contribution in [-0.4, -0.2) is 40.7 Å². The fraction of sp³-hybridized carbons (Fsp3) is 0.312. The first-order valence-electron chi connectivity index (χ1n) is 7.49. The Morgan fingerprint density at radius 1 is 1.30 bits per heavy atom. The largest absolute Gasteiger partial charge is 0.364 e. The summed E-state index contributed by atoms with van der Waals surface area (Å²) in [5, 5.41) is 10.2. The summed E-state index contributed by atoms with van der Waals surface area (Å²) < 4.78 is 1.38. The molecule has 1 heterocycles. The molecule has 0 saturated heterocycles. The monoisotopic (exact) mass is 315 g/mol. The van der Waals surface area contributed by atoms with Crippen LogP contribution in [0.3, 0.4) is 0 Å². The van der Waals surface area contributed by atoms with Crippen LogP contribution < -0.4 is 16.4 Å². The first-order valence-corrected chi connectivity index (χ1v) is 7.49. The highest BCUT2D eigenvalue weighted by Gasteiger charge is 2.18. The average Bonchev–Trinajstić information content (AvgIpc) is 2.99. The predicted molar refractivity (Wildman–Crippen MR) is 87.6 cm³/mol. The van der Waals surface area contributed by atoms with Gasteiger partial charge in [-0.15, -0.1) is 0 Å². The number of hydrogen-bond donors (Lipinski definition) is 3. The lowest BCUT2D eigenvalue weighted by molar-refractivity contribution is 0.0944. The zero-order valence-corrected chi connectivity index (χ0v) is 13.2. The molecule has 4 N–H and O–H groups in total. The predicted octanol–water partition coefficient (Wildman–Crippen LogP) is 0.699. The summed E-state index contributed by atoms with van der Waals surface area (Å²) in [6.07, 6.45) is 0. The third kappa shape index (κ3) is 4.17. The van der Waals surface area contributed by atoms with E-state index in [1.165, 1.54) is 10.7 Å². The first kappa shape index (κ1) is 16.7. The summed E-state index contributed by atoms with van der Waals surface area (Å²) in [5.74, 6) is -0.978. The number of likely N-dealkylation sites (N-methyl/N-ethyl adjacent to an activating group) is 1. The molecule has 1 aromatic heterocycles. The second kappa shape index (κ2) is 7.55. The molecule has 1 atom stereocenters. The number of nitrogens with two attached hydrogens (primary N) is 1. The van der Waals surface area contributed by atoms with Gasteiger partial charge < -0.3 is 16.4 Å². The van der Waals surface area contributed by atoms with Gasteiger partial charge in [-0.3, -0.25) is 9.59 Å². The first-order chi connectivity index (χ1) is 11.0. The van der Waals surface area contributed by atoms with E-state index in [0.29, 0.717) is 12.2 Å². The highest BCUT2D eigenvalue weighted by molar-refractivity contribution is 5.97. The van der Waals surface area contributed by atoms with Crippen molar-refractivity contribution in [3.05, 3.63) is 47.8 Å². The molecule has 0 aliphatic heterocycles. The number of primary amides is 1.